The fraction of sp³-hybridized carbons (Fsp3) is 0.692. The van der Waals surface area contributed by atoms with Crippen LogP contribution in [0.3, 0.4) is 0 Å². The van der Waals surface area contributed by atoms with Crippen molar-refractivity contribution in [3.05, 3.63) is 0 Å². The van der Waals surface area contributed by atoms with Crippen LogP contribution in [0.1, 0.15) is 33.6 Å². The first-order valence-corrected chi connectivity index (χ1v) is 6.97. The standard InChI is InChI=1S/C13H24N4O5/c1-4-6(2)10(15)12(20)16-7(3)11(19)17-8(13(21)22)5-9(14)18/h6-8,10H,4-5,15H2,1-3H3,(H2,14,18)(H,16,20)(H,17,19)(H,21,22)/t6-,7-,8-,10-/m0/s1. The van der Waals surface area contributed by atoms with Crippen molar-refractivity contribution in [3.8, 4) is 0 Å². The van der Waals surface area contributed by atoms with Crippen LogP contribution in [-0.4, -0.2) is 46.9 Å². The summed E-state index contributed by atoms with van der Waals surface area (Å²) in [7, 11) is 0. The SMILES string of the molecule is CC[C@H](C)[C@H](N)C(=O)N[C@@H](C)C(=O)N[C@@H](CC(N)=O)C(=O)O. The molecule has 0 heterocycles. The highest BCUT2D eigenvalue weighted by molar-refractivity contribution is 5.92. The summed E-state index contributed by atoms with van der Waals surface area (Å²) in [6.07, 6.45) is 0.170. The highest BCUT2D eigenvalue weighted by Crippen LogP contribution is 2.05. The van der Waals surface area contributed by atoms with E-state index in [1.54, 1.807) is 0 Å². The minimum absolute atomic E-state index is 0.0584. The summed E-state index contributed by atoms with van der Waals surface area (Å²) in [5, 5.41) is 13.4. The highest BCUT2D eigenvalue weighted by atomic mass is 16.4. The zero-order valence-electron chi connectivity index (χ0n) is 13.0. The van der Waals surface area contributed by atoms with E-state index in [2.05, 4.69) is 10.6 Å². The summed E-state index contributed by atoms with van der Waals surface area (Å²) < 4.78 is 0. The van der Waals surface area contributed by atoms with Crippen LogP contribution in [-0.2, 0) is 19.2 Å². The molecule has 0 fully saturated rings. The monoisotopic (exact) mass is 316 g/mol. The molecule has 0 saturated carbocycles. The largest absolute Gasteiger partial charge is 0.480 e. The first-order chi connectivity index (χ1) is 10.1. The number of aliphatic carboxylic acids is 1. The number of carboxylic acids is 1. The van der Waals surface area contributed by atoms with Gasteiger partial charge in [-0.3, -0.25) is 14.4 Å². The van der Waals surface area contributed by atoms with Crippen LogP contribution in [0.4, 0.5) is 0 Å². The zero-order valence-corrected chi connectivity index (χ0v) is 13.0. The van der Waals surface area contributed by atoms with Gasteiger partial charge in [0.1, 0.15) is 12.1 Å². The molecule has 0 spiro atoms. The first kappa shape index (κ1) is 19.8. The van der Waals surface area contributed by atoms with Gasteiger partial charge in [0.05, 0.1) is 12.5 Å². The predicted octanol–water partition coefficient (Wildman–Crippen LogP) is -1.69. The van der Waals surface area contributed by atoms with Gasteiger partial charge in [0.2, 0.25) is 17.7 Å². The van der Waals surface area contributed by atoms with E-state index in [0.717, 1.165) is 0 Å². The van der Waals surface area contributed by atoms with Crippen LogP contribution in [0.2, 0.25) is 0 Å². The zero-order chi connectivity index (χ0) is 17.4. The normalized spacial score (nSPS) is 16.0. The molecule has 0 rings (SSSR count). The molecule has 0 aromatic heterocycles. The predicted molar refractivity (Wildman–Crippen MR) is 78.4 cm³/mol. The Morgan fingerprint density at radius 1 is 1.09 bits per heavy atom. The van der Waals surface area contributed by atoms with Gasteiger partial charge in [-0.1, -0.05) is 20.3 Å². The molecule has 7 N–H and O–H groups in total. The van der Waals surface area contributed by atoms with Crippen LogP contribution in [0.25, 0.3) is 0 Å². The van der Waals surface area contributed by atoms with Crippen LogP contribution in [0.15, 0.2) is 0 Å². The Morgan fingerprint density at radius 2 is 1.64 bits per heavy atom. The van der Waals surface area contributed by atoms with Crippen molar-refractivity contribution < 1.29 is 24.3 Å². The van der Waals surface area contributed by atoms with Gasteiger partial charge in [-0.15, -0.1) is 0 Å². The molecule has 0 bridgehead atoms. The van der Waals surface area contributed by atoms with E-state index < -0.39 is 48.2 Å². The Hall–Kier alpha value is -2.16. The van der Waals surface area contributed by atoms with Gasteiger partial charge < -0.3 is 27.2 Å². The molecule has 9 heteroatoms. The summed E-state index contributed by atoms with van der Waals surface area (Å²) in [5.41, 5.74) is 10.6. The van der Waals surface area contributed by atoms with Crippen molar-refractivity contribution in [2.45, 2.75) is 51.7 Å². The van der Waals surface area contributed by atoms with Crippen LogP contribution in [0.5, 0.6) is 0 Å². The molecule has 9 nitrogen and oxygen atoms in total. The maximum atomic E-state index is 11.9. The molecule has 3 amide bonds. The van der Waals surface area contributed by atoms with Gasteiger partial charge in [0.15, 0.2) is 0 Å². The van der Waals surface area contributed by atoms with Gasteiger partial charge in [-0.25, -0.2) is 4.79 Å². The van der Waals surface area contributed by atoms with E-state index in [-0.39, 0.29) is 5.92 Å². The summed E-state index contributed by atoms with van der Waals surface area (Å²) in [4.78, 5) is 45.4. The Balaban J connectivity index is 4.62. The van der Waals surface area contributed by atoms with Gasteiger partial charge in [0, 0.05) is 0 Å². The molecular weight excluding hydrogens is 292 g/mol. The maximum Gasteiger partial charge on any atom is 0.326 e. The average molecular weight is 316 g/mol. The lowest BCUT2D eigenvalue weighted by atomic mass is 9.99. The summed E-state index contributed by atoms with van der Waals surface area (Å²) >= 11 is 0. The highest BCUT2D eigenvalue weighted by Gasteiger charge is 2.27. The maximum absolute atomic E-state index is 11.9. The second-order valence-corrected chi connectivity index (χ2v) is 5.21. The first-order valence-electron chi connectivity index (χ1n) is 6.97. The molecule has 0 aliphatic heterocycles. The third-order valence-corrected chi connectivity index (χ3v) is 3.33. The quantitative estimate of drug-likeness (QED) is 0.340. The van der Waals surface area contributed by atoms with E-state index in [1.165, 1.54) is 6.92 Å². The van der Waals surface area contributed by atoms with Crippen molar-refractivity contribution >= 4 is 23.7 Å². The molecule has 22 heavy (non-hydrogen) atoms. The summed E-state index contributed by atoms with van der Waals surface area (Å²) in [6.45, 7) is 5.08. The second-order valence-electron chi connectivity index (χ2n) is 5.21. The number of carbonyl (C=O) groups excluding carboxylic acids is 3. The lowest BCUT2D eigenvalue weighted by Gasteiger charge is -2.22. The Bertz CT molecular complexity index is 440. The molecule has 0 radical (unpaired) electrons. The second kappa shape index (κ2) is 8.98. The van der Waals surface area contributed by atoms with Crippen molar-refractivity contribution in [2.75, 3.05) is 0 Å². The van der Waals surface area contributed by atoms with E-state index in [0.29, 0.717) is 6.42 Å². The molecule has 0 aliphatic carbocycles. The smallest absolute Gasteiger partial charge is 0.326 e. The number of rotatable bonds is 9. The van der Waals surface area contributed by atoms with Gasteiger partial charge >= 0.3 is 5.97 Å². The Morgan fingerprint density at radius 3 is 2.05 bits per heavy atom. The molecule has 0 unspecified atom stereocenters. The third-order valence-electron chi connectivity index (χ3n) is 3.33. The van der Waals surface area contributed by atoms with E-state index in [9.17, 15) is 19.2 Å². The number of carbonyl (C=O) groups is 4. The van der Waals surface area contributed by atoms with Crippen LogP contribution in [0, 0.1) is 5.92 Å². The molecule has 0 aliphatic rings. The Kier molecular flexibility index (Phi) is 8.10. The molecular formula is C13H24N4O5. The number of carboxylic acid groups (broad SMARTS) is 1. The molecule has 0 saturated heterocycles. The number of primary amides is 1. The number of hydrogen-bond donors (Lipinski definition) is 5. The number of hydrogen-bond acceptors (Lipinski definition) is 5. The van der Waals surface area contributed by atoms with Gasteiger partial charge in [-0.05, 0) is 12.8 Å². The van der Waals surface area contributed by atoms with E-state index >= 15 is 0 Å². The minimum Gasteiger partial charge on any atom is -0.480 e. The third kappa shape index (κ3) is 6.53. The molecule has 0 aromatic carbocycles. The molecule has 126 valence electrons. The lowest BCUT2D eigenvalue weighted by molar-refractivity contribution is -0.143. The fourth-order valence-corrected chi connectivity index (χ4v) is 1.59. The topological polar surface area (TPSA) is 165 Å². The van der Waals surface area contributed by atoms with E-state index in [1.807, 2.05) is 13.8 Å². The average Bonchev–Trinajstić information content (AvgIpc) is 2.43. The van der Waals surface area contributed by atoms with Gasteiger partial charge in [-0.2, -0.15) is 0 Å². The van der Waals surface area contributed by atoms with Crippen molar-refractivity contribution in [1.29, 1.82) is 0 Å². The van der Waals surface area contributed by atoms with Crippen molar-refractivity contribution in [1.82, 2.24) is 10.6 Å². The van der Waals surface area contributed by atoms with Crippen LogP contribution >= 0.6 is 0 Å². The minimum atomic E-state index is -1.44. The van der Waals surface area contributed by atoms with Gasteiger partial charge in [0.25, 0.3) is 0 Å². The number of nitrogens with two attached hydrogens (primary N) is 2. The Labute approximate surface area is 128 Å². The van der Waals surface area contributed by atoms with Crippen molar-refractivity contribution in [3.63, 3.8) is 0 Å². The van der Waals surface area contributed by atoms with Crippen molar-refractivity contribution in [2.24, 2.45) is 17.4 Å². The molecule has 4 atom stereocenters. The van der Waals surface area contributed by atoms with E-state index in [4.69, 9.17) is 16.6 Å². The summed E-state index contributed by atoms with van der Waals surface area (Å²) in [6, 6.07) is -3.19. The number of nitrogens with one attached hydrogen (secondary N) is 2. The fourth-order valence-electron chi connectivity index (χ4n) is 1.59. The summed E-state index contributed by atoms with van der Waals surface area (Å²) in [5.74, 6) is -3.54. The lowest BCUT2D eigenvalue weighted by Crippen LogP contribution is -2.54. The number of amides is 3. The van der Waals surface area contributed by atoms with Crippen LogP contribution < -0.4 is 22.1 Å². The molecule has 0 aromatic rings.